The molecule has 1 saturated heterocycles. The zero-order valence-corrected chi connectivity index (χ0v) is 15.1. The highest BCUT2D eigenvalue weighted by molar-refractivity contribution is 5.92. The van der Waals surface area contributed by atoms with Gasteiger partial charge in [-0.3, -0.25) is 9.59 Å². The van der Waals surface area contributed by atoms with Crippen LogP contribution in [0, 0.1) is 11.8 Å². The molecular weight excluding hydrogens is 336 g/mol. The van der Waals surface area contributed by atoms with E-state index in [-0.39, 0.29) is 30.6 Å². The molecule has 1 heterocycles. The Morgan fingerprint density at radius 3 is 2.62 bits per heavy atom. The van der Waals surface area contributed by atoms with Gasteiger partial charge in [0.1, 0.15) is 6.61 Å². The highest BCUT2D eigenvalue weighted by atomic mass is 16.5. The van der Waals surface area contributed by atoms with E-state index in [1.807, 2.05) is 30.3 Å². The number of alkyl carbamates (subject to hydrolysis) is 1. The molecule has 0 bridgehead atoms. The SMILES string of the molecule is CC(C)[C@H](NC(=O)OCc1ccccc1)C(=O)CC1C(=O)NCCC1O. The lowest BCUT2D eigenvalue weighted by molar-refractivity contribution is -0.136. The lowest BCUT2D eigenvalue weighted by Crippen LogP contribution is -2.49. The number of hydrogen-bond acceptors (Lipinski definition) is 5. The third kappa shape index (κ3) is 5.56. The predicted molar refractivity (Wildman–Crippen MR) is 95.1 cm³/mol. The number of Topliss-reactive ketones (excluding diaryl/α,β-unsaturated/α-hetero) is 1. The predicted octanol–water partition coefficient (Wildman–Crippen LogP) is 1.39. The van der Waals surface area contributed by atoms with Gasteiger partial charge in [0.25, 0.3) is 0 Å². The third-order valence-electron chi connectivity index (χ3n) is 4.46. The Labute approximate surface area is 153 Å². The van der Waals surface area contributed by atoms with Crippen molar-refractivity contribution in [2.75, 3.05) is 6.54 Å². The fourth-order valence-corrected chi connectivity index (χ4v) is 2.93. The fourth-order valence-electron chi connectivity index (χ4n) is 2.93. The van der Waals surface area contributed by atoms with Gasteiger partial charge in [-0.2, -0.15) is 0 Å². The Morgan fingerprint density at radius 1 is 1.31 bits per heavy atom. The van der Waals surface area contributed by atoms with Gasteiger partial charge in [-0.15, -0.1) is 0 Å². The van der Waals surface area contributed by atoms with Crippen LogP contribution in [-0.4, -0.2) is 41.6 Å². The van der Waals surface area contributed by atoms with E-state index in [9.17, 15) is 19.5 Å². The summed E-state index contributed by atoms with van der Waals surface area (Å²) in [5, 5.41) is 15.2. The van der Waals surface area contributed by atoms with Gasteiger partial charge in [0.15, 0.2) is 5.78 Å². The third-order valence-corrected chi connectivity index (χ3v) is 4.46. The molecule has 142 valence electrons. The second kappa shape index (κ2) is 9.33. The summed E-state index contributed by atoms with van der Waals surface area (Å²) >= 11 is 0. The number of hydrogen-bond donors (Lipinski definition) is 3. The van der Waals surface area contributed by atoms with E-state index in [0.717, 1.165) is 5.56 Å². The lowest BCUT2D eigenvalue weighted by Gasteiger charge is -2.29. The molecule has 3 N–H and O–H groups in total. The second-order valence-corrected chi connectivity index (χ2v) is 6.85. The van der Waals surface area contributed by atoms with Gasteiger partial charge in [0, 0.05) is 13.0 Å². The largest absolute Gasteiger partial charge is 0.445 e. The smallest absolute Gasteiger partial charge is 0.408 e. The van der Waals surface area contributed by atoms with Crippen molar-refractivity contribution in [1.82, 2.24) is 10.6 Å². The van der Waals surface area contributed by atoms with Crippen LogP contribution in [0.2, 0.25) is 0 Å². The highest BCUT2D eigenvalue weighted by Crippen LogP contribution is 2.19. The van der Waals surface area contributed by atoms with E-state index in [1.54, 1.807) is 13.8 Å². The van der Waals surface area contributed by atoms with E-state index in [2.05, 4.69) is 10.6 Å². The van der Waals surface area contributed by atoms with Crippen LogP contribution < -0.4 is 10.6 Å². The summed E-state index contributed by atoms with van der Waals surface area (Å²) in [7, 11) is 0. The number of carbonyl (C=O) groups excluding carboxylic acids is 3. The molecule has 0 radical (unpaired) electrons. The number of piperidine rings is 1. The van der Waals surface area contributed by atoms with Crippen molar-refractivity contribution < 1.29 is 24.2 Å². The molecule has 3 atom stereocenters. The molecule has 1 aromatic rings. The molecule has 7 nitrogen and oxygen atoms in total. The summed E-state index contributed by atoms with van der Waals surface area (Å²) in [4.78, 5) is 36.5. The molecular formula is C19H26N2O5. The zero-order chi connectivity index (χ0) is 19.1. The van der Waals surface area contributed by atoms with Gasteiger partial charge in [0.2, 0.25) is 5.91 Å². The quantitative estimate of drug-likeness (QED) is 0.680. The maximum absolute atomic E-state index is 12.6. The van der Waals surface area contributed by atoms with E-state index >= 15 is 0 Å². The van der Waals surface area contributed by atoms with Crippen LogP contribution >= 0.6 is 0 Å². The van der Waals surface area contributed by atoms with Crippen LogP contribution in [0.5, 0.6) is 0 Å². The normalized spacial score (nSPS) is 21.0. The van der Waals surface area contributed by atoms with Crippen LogP contribution in [0.3, 0.4) is 0 Å². The number of ether oxygens (including phenoxy) is 1. The average molecular weight is 362 g/mol. The molecule has 1 fully saturated rings. The molecule has 0 saturated carbocycles. The van der Waals surface area contributed by atoms with Gasteiger partial charge in [-0.25, -0.2) is 4.79 Å². The molecule has 1 aliphatic heterocycles. The maximum atomic E-state index is 12.6. The van der Waals surface area contributed by atoms with Gasteiger partial charge >= 0.3 is 6.09 Å². The molecule has 7 heteroatoms. The molecule has 26 heavy (non-hydrogen) atoms. The molecule has 2 amide bonds. The molecule has 1 aromatic carbocycles. The molecule has 0 aromatic heterocycles. The van der Waals surface area contributed by atoms with Crippen molar-refractivity contribution in [3.63, 3.8) is 0 Å². The fraction of sp³-hybridized carbons (Fsp3) is 0.526. The molecule has 2 unspecified atom stereocenters. The molecule has 1 aliphatic rings. The topological polar surface area (TPSA) is 105 Å². The molecule has 0 aliphatic carbocycles. The van der Waals surface area contributed by atoms with Crippen LogP contribution in [0.15, 0.2) is 30.3 Å². The van der Waals surface area contributed by atoms with Crippen molar-refractivity contribution in [3.8, 4) is 0 Å². The first-order valence-electron chi connectivity index (χ1n) is 8.84. The number of amides is 2. The summed E-state index contributed by atoms with van der Waals surface area (Å²) in [5.74, 6) is -1.57. The van der Waals surface area contributed by atoms with Crippen LogP contribution in [-0.2, 0) is 20.9 Å². The first-order chi connectivity index (χ1) is 12.4. The first kappa shape index (κ1) is 19.9. The molecule has 2 rings (SSSR count). The number of aliphatic hydroxyl groups excluding tert-OH is 1. The summed E-state index contributed by atoms with van der Waals surface area (Å²) < 4.78 is 5.16. The second-order valence-electron chi connectivity index (χ2n) is 6.85. The van der Waals surface area contributed by atoms with E-state index < -0.39 is 24.2 Å². The van der Waals surface area contributed by atoms with Crippen molar-refractivity contribution in [2.45, 2.75) is 45.4 Å². The highest BCUT2D eigenvalue weighted by Gasteiger charge is 2.35. The van der Waals surface area contributed by atoms with Gasteiger partial charge in [-0.05, 0) is 17.9 Å². The van der Waals surface area contributed by atoms with Gasteiger partial charge in [0.05, 0.1) is 18.1 Å². The van der Waals surface area contributed by atoms with Crippen molar-refractivity contribution in [1.29, 1.82) is 0 Å². The standard InChI is InChI=1S/C19H26N2O5/c1-12(2)17(16(23)10-14-15(22)8-9-20-18(14)24)21-19(25)26-11-13-6-4-3-5-7-13/h3-7,12,14-15,17,22H,8-11H2,1-2H3,(H,20,24)(H,21,25)/t14?,15?,17-/m0/s1. The number of nitrogens with one attached hydrogen (secondary N) is 2. The maximum Gasteiger partial charge on any atom is 0.408 e. The van der Waals surface area contributed by atoms with E-state index in [1.165, 1.54) is 0 Å². The zero-order valence-electron chi connectivity index (χ0n) is 15.1. The average Bonchev–Trinajstić information content (AvgIpc) is 2.61. The van der Waals surface area contributed by atoms with E-state index in [4.69, 9.17) is 4.74 Å². The number of ketones is 1. The number of aliphatic hydroxyl groups is 1. The number of carbonyl (C=O) groups is 3. The Hall–Kier alpha value is -2.41. The minimum atomic E-state index is -0.842. The van der Waals surface area contributed by atoms with Crippen LogP contribution in [0.25, 0.3) is 0 Å². The molecule has 0 spiro atoms. The van der Waals surface area contributed by atoms with Crippen LogP contribution in [0.4, 0.5) is 4.79 Å². The Bertz CT molecular complexity index is 632. The summed E-state index contributed by atoms with van der Waals surface area (Å²) in [6, 6.07) is 8.45. The number of benzene rings is 1. The van der Waals surface area contributed by atoms with E-state index in [0.29, 0.717) is 13.0 Å². The van der Waals surface area contributed by atoms with Crippen molar-refractivity contribution >= 4 is 17.8 Å². The summed E-state index contributed by atoms with van der Waals surface area (Å²) in [6.45, 7) is 4.12. The van der Waals surface area contributed by atoms with Crippen molar-refractivity contribution in [3.05, 3.63) is 35.9 Å². The first-order valence-corrected chi connectivity index (χ1v) is 8.84. The minimum absolute atomic E-state index is 0.107. The van der Waals surface area contributed by atoms with Gasteiger partial charge in [-0.1, -0.05) is 44.2 Å². The Balaban J connectivity index is 1.91. The summed E-state index contributed by atoms with van der Waals surface area (Å²) in [5.41, 5.74) is 0.845. The van der Waals surface area contributed by atoms with Gasteiger partial charge < -0.3 is 20.5 Å². The Morgan fingerprint density at radius 2 is 2.00 bits per heavy atom. The minimum Gasteiger partial charge on any atom is -0.445 e. The monoisotopic (exact) mass is 362 g/mol. The summed E-state index contributed by atoms with van der Waals surface area (Å²) in [6.07, 6.45) is -1.22. The number of rotatable bonds is 7. The lowest BCUT2D eigenvalue weighted by atomic mass is 9.86. The Kier molecular flexibility index (Phi) is 7.15. The van der Waals surface area contributed by atoms with Crippen LogP contribution in [0.1, 0.15) is 32.3 Å². The van der Waals surface area contributed by atoms with Crippen molar-refractivity contribution in [2.24, 2.45) is 11.8 Å².